The number of benzene rings is 2. The summed E-state index contributed by atoms with van der Waals surface area (Å²) in [6.07, 6.45) is 0. The molecule has 2 N–H and O–H groups in total. The van der Waals surface area contributed by atoms with E-state index in [-0.39, 0.29) is 6.61 Å². The number of aliphatic hydroxyl groups is 1. The maximum Gasteiger partial charge on any atom is 0.0606 e. The quantitative estimate of drug-likeness (QED) is 0.834. The standard InChI is InChI=1S/C16H20N2O/c1-17-15-9-5-6-10-16(15)18(11-12-19)13-14-7-3-2-4-8-14/h2-10,17,19H,11-13H2,1H3. The molecular formula is C16H20N2O. The lowest BCUT2D eigenvalue weighted by Crippen LogP contribution is -2.26. The van der Waals surface area contributed by atoms with Crippen LogP contribution in [0.2, 0.25) is 0 Å². The average molecular weight is 256 g/mol. The lowest BCUT2D eigenvalue weighted by atomic mass is 10.2. The molecule has 2 rings (SSSR count). The number of anilines is 2. The van der Waals surface area contributed by atoms with Crippen LogP contribution >= 0.6 is 0 Å². The maximum absolute atomic E-state index is 9.28. The minimum absolute atomic E-state index is 0.144. The second kappa shape index (κ2) is 6.81. The summed E-state index contributed by atoms with van der Waals surface area (Å²) >= 11 is 0. The van der Waals surface area contributed by atoms with Gasteiger partial charge < -0.3 is 15.3 Å². The van der Waals surface area contributed by atoms with E-state index in [2.05, 4.69) is 28.4 Å². The highest BCUT2D eigenvalue weighted by Crippen LogP contribution is 2.26. The second-order valence-corrected chi connectivity index (χ2v) is 4.40. The van der Waals surface area contributed by atoms with Gasteiger partial charge in [0.25, 0.3) is 0 Å². The molecule has 0 heterocycles. The zero-order valence-electron chi connectivity index (χ0n) is 11.2. The summed E-state index contributed by atoms with van der Waals surface area (Å²) in [5, 5.41) is 12.5. The van der Waals surface area contributed by atoms with E-state index < -0.39 is 0 Å². The molecule has 0 amide bonds. The van der Waals surface area contributed by atoms with E-state index in [0.717, 1.165) is 17.9 Å². The van der Waals surface area contributed by atoms with Crippen molar-refractivity contribution < 1.29 is 5.11 Å². The van der Waals surface area contributed by atoms with Crippen LogP contribution < -0.4 is 10.2 Å². The van der Waals surface area contributed by atoms with E-state index in [1.54, 1.807) is 0 Å². The van der Waals surface area contributed by atoms with E-state index in [1.165, 1.54) is 5.56 Å². The predicted molar refractivity (Wildman–Crippen MR) is 80.6 cm³/mol. The molecule has 0 fully saturated rings. The molecule has 0 aliphatic rings. The third-order valence-electron chi connectivity index (χ3n) is 3.10. The van der Waals surface area contributed by atoms with Crippen molar-refractivity contribution in [2.45, 2.75) is 6.54 Å². The first-order chi connectivity index (χ1) is 9.35. The highest BCUT2D eigenvalue weighted by atomic mass is 16.3. The molecule has 0 unspecified atom stereocenters. The lowest BCUT2D eigenvalue weighted by Gasteiger charge is -2.26. The number of hydrogen-bond acceptors (Lipinski definition) is 3. The van der Waals surface area contributed by atoms with Crippen molar-refractivity contribution in [1.29, 1.82) is 0 Å². The van der Waals surface area contributed by atoms with Crippen molar-refractivity contribution >= 4 is 11.4 Å². The summed E-state index contributed by atoms with van der Waals surface area (Å²) in [7, 11) is 1.92. The highest BCUT2D eigenvalue weighted by Gasteiger charge is 2.10. The Hall–Kier alpha value is -2.00. The van der Waals surface area contributed by atoms with E-state index in [9.17, 15) is 5.11 Å². The maximum atomic E-state index is 9.28. The summed E-state index contributed by atoms with van der Waals surface area (Å²) in [5.41, 5.74) is 3.43. The molecule has 0 aliphatic carbocycles. The van der Waals surface area contributed by atoms with Crippen LogP contribution in [0.5, 0.6) is 0 Å². The summed E-state index contributed by atoms with van der Waals surface area (Å²) < 4.78 is 0. The molecule has 19 heavy (non-hydrogen) atoms. The Balaban J connectivity index is 2.24. The van der Waals surface area contributed by atoms with E-state index in [0.29, 0.717) is 6.54 Å². The van der Waals surface area contributed by atoms with Gasteiger partial charge in [-0.05, 0) is 17.7 Å². The topological polar surface area (TPSA) is 35.5 Å². The molecule has 0 bridgehead atoms. The number of rotatable bonds is 6. The van der Waals surface area contributed by atoms with Gasteiger partial charge >= 0.3 is 0 Å². The van der Waals surface area contributed by atoms with Gasteiger partial charge in [-0.1, -0.05) is 42.5 Å². The van der Waals surface area contributed by atoms with Gasteiger partial charge in [-0.25, -0.2) is 0 Å². The summed E-state index contributed by atoms with van der Waals surface area (Å²) in [4.78, 5) is 2.18. The van der Waals surface area contributed by atoms with Crippen molar-refractivity contribution in [2.24, 2.45) is 0 Å². The number of para-hydroxylation sites is 2. The van der Waals surface area contributed by atoms with Gasteiger partial charge in [-0.15, -0.1) is 0 Å². The SMILES string of the molecule is CNc1ccccc1N(CCO)Cc1ccccc1. The number of aliphatic hydroxyl groups excluding tert-OH is 1. The molecule has 0 saturated carbocycles. The Morgan fingerprint density at radius 3 is 2.37 bits per heavy atom. The zero-order valence-corrected chi connectivity index (χ0v) is 11.2. The van der Waals surface area contributed by atoms with E-state index in [1.807, 2.05) is 43.4 Å². The Kier molecular flexibility index (Phi) is 4.81. The highest BCUT2D eigenvalue weighted by molar-refractivity contribution is 5.69. The van der Waals surface area contributed by atoms with Gasteiger partial charge in [-0.3, -0.25) is 0 Å². The normalized spacial score (nSPS) is 10.2. The Morgan fingerprint density at radius 2 is 1.68 bits per heavy atom. The van der Waals surface area contributed by atoms with Crippen LogP contribution in [-0.2, 0) is 6.54 Å². The average Bonchev–Trinajstić information content (AvgIpc) is 2.48. The van der Waals surface area contributed by atoms with Gasteiger partial charge in [0.2, 0.25) is 0 Å². The van der Waals surface area contributed by atoms with Crippen molar-refractivity contribution in [1.82, 2.24) is 0 Å². The van der Waals surface area contributed by atoms with Crippen molar-refractivity contribution in [3.63, 3.8) is 0 Å². The largest absolute Gasteiger partial charge is 0.395 e. The van der Waals surface area contributed by atoms with Gasteiger partial charge in [0.05, 0.1) is 18.0 Å². The van der Waals surface area contributed by atoms with Crippen molar-refractivity contribution in [3.05, 3.63) is 60.2 Å². The van der Waals surface area contributed by atoms with Crippen molar-refractivity contribution in [2.75, 3.05) is 30.4 Å². The zero-order chi connectivity index (χ0) is 13.5. The molecule has 100 valence electrons. The van der Waals surface area contributed by atoms with Crippen LogP contribution in [0, 0.1) is 0 Å². The molecule has 3 heteroatoms. The molecule has 0 spiro atoms. The minimum Gasteiger partial charge on any atom is -0.395 e. The van der Waals surface area contributed by atoms with Crippen LogP contribution in [0.1, 0.15) is 5.56 Å². The minimum atomic E-state index is 0.144. The van der Waals surface area contributed by atoms with Crippen molar-refractivity contribution in [3.8, 4) is 0 Å². The summed E-state index contributed by atoms with van der Waals surface area (Å²) in [6.45, 7) is 1.55. The third kappa shape index (κ3) is 3.48. The van der Waals surface area contributed by atoms with Gasteiger partial charge in [0.1, 0.15) is 0 Å². The summed E-state index contributed by atoms with van der Waals surface area (Å²) in [5.74, 6) is 0. The molecule has 0 aliphatic heterocycles. The molecule has 3 nitrogen and oxygen atoms in total. The molecule has 0 radical (unpaired) electrons. The predicted octanol–water partition coefficient (Wildman–Crippen LogP) is 2.73. The molecule has 0 saturated heterocycles. The van der Waals surface area contributed by atoms with Crippen LogP contribution in [0.25, 0.3) is 0 Å². The van der Waals surface area contributed by atoms with Gasteiger partial charge in [0, 0.05) is 20.1 Å². The second-order valence-electron chi connectivity index (χ2n) is 4.40. The molecule has 0 atom stereocenters. The Bertz CT molecular complexity index is 499. The van der Waals surface area contributed by atoms with Crippen LogP contribution in [0.4, 0.5) is 11.4 Å². The van der Waals surface area contributed by atoms with E-state index >= 15 is 0 Å². The number of nitrogens with one attached hydrogen (secondary N) is 1. The van der Waals surface area contributed by atoms with E-state index in [4.69, 9.17) is 0 Å². The number of hydrogen-bond donors (Lipinski definition) is 2. The Morgan fingerprint density at radius 1 is 1.00 bits per heavy atom. The molecule has 0 aromatic heterocycles. The number of nitrogens with zero attached hydrogens (tertiary/aromatic N) is 1. The van der Waals surface area contributed by atoms with Gasteiger partial charge in [-0.2, -0.15) is 0 Å². The van der Waals surface area contributed by atoms with Crippen LogP contribution in [0.15, 0.2) is 54.6 Å². The fourth-order valence-electron chi connectivity index (χ4n) is 2.17. The lowest BCUT2D eigenvalue weighted by molar-refractivity contribution is 0.301. The first-order valence-electron chi connectivity index (χ1n) is 6.51. The third-order valence-corrected chi connectivity index (χ3v) is 3.10. The van der Waals surface area contributed by atoms with Crippen LogP contribution in [-0.4, -0.2) is 25.3 Å². The monoisotopic (exact) mass is 256 g/mol. The fraction of sp³-hybridized carbons (Fsp3) is 0.250. The molecular weight excluding hydrogens is 236 g/mol. The first kappa shape index (κ1) is 13.4. The smallest absolute Gasteiger partial charge is 0.0606 e. The Labute approximate surface area is 114 Å². The van der Waals surface area contributed by atoms with Gasteiger partial charge in [0.15, 0.2) is 0 Å². The first-order valence-corrected chi connectivity index (χ1v) is 6.51. The van der Waals surface area contributed by atoms with Crippen LogP contribution in [0.3, 0.4) is 0 Å². The summed E-state index contributed by atoms with van der Waals surface area (Å²) in [6, 6.07) is 18.4. The molecule has 2 aromatic rings. The molecule has 2 aromatic carbocycles. The fourth-order valence-corrected chi connectivity index (χ4v) is 2.17.